The zero-order valence-electron chi connectivity index (χ0n) is 15.2. The molecule has 1 aliphatic heterocycles. The Morgan fingerprint density at radius 1 is 1.15 bits per heavy atom. The number of aromatic hydroxyl groups is 1. The molecule has 0 bridgehead atoms. The Balaban J connectivity index is 1.88. The van der Waals surface area contributed by atoms with Gasteiger partial charge in [0.2, 0.25) is 0 Å². The number of hydrogen-bond donors (Lipinski definition) is 1. The Hall–Kier alpha value is -3.08. The molecule has 3 aromatic rings. The summed E-state index contributed by atoms with van der Waals surface area (Å²) in [5.74, 6) is 0.0375. The molecule has 5 nitrogen and oxygen atoms in total. The molecule has 2 aromatic carbocycles. The molecule has 0 fully saturated rings. The van der Waals surface area contributed by atoms with Crippen molar-refractivity contribution in [1.82, 2.24) is 0 Å². The summed E-state index contributed by atoms with van der Waals surface area (Å²) >= 11 is 0. The number of aryl methyl sites for hydroxylation is 2. The van der Waals surface area contributed by atoms with Gasteiger partial charge in [-0.1, -0.05) is 43.2 Å². The molecule has 1 atom stereocenters. The van der Waals surface area contributed by atoms with Gasteiger partial charge in [0.25, 0.3) is 0 Å². The fraction of sp³-hybridized carbons (Fsp3) is 0.273. The van der Waals surface area contributed by atoms with Gasteiger partial charge in [-0.15, -0.1) is 0 Å². The monoisotopic (exact) mass is 364 g/mol. The lowest BCUT2D eigenvalue weighted by atomic mass is 9.93. The van der Waals surface area contributed by atoms with Crippen molar-refractivity contribution in [3.8, 4) is 11.5 Å². The lowest BCUT2D eigenvalue weighted by molar-refractivity contribution is 0.0851. The fourth-order valence-electron chi connectivity index (χ4n) is 3.63. The number of Topliss-reactive ketones (excluding diaryl/α,β-unsaturated/α-hetero) is 1. The molecule has 4 rings (SSSR count). The molecule has 0 saturated heterocycles. The van der Waals surface area contributed by atoms with Crippen molar-refractivity contribution in [3.05, 3.63) is 69.1 Å². The van der Waals surface area contributed by atoms with E-state index < -0.39 is 11.7 Å². The Labute approximate surface area is 156 Å². The molecule has 1 unspecified atom stereocenters. The van der Waals surface area contributed by atoms with Crippen LogP contribution in [0.15, 0.2) is 45.6 Å². The van der Waals surface area contributed by atoms with Crippen molar-refractivity contribution in [2.45, 2.75) is 39.2 Å². The van der Waals surface area contributed by atoms with E-state index in [0.717, 1.165) is 17.5 Å². The van der Waals surface area contributed by atoms with Crippen LogP contribution in [0.2, 0.25) is 0 Å². The van der Waals surface area contributed by atoms with Gasteiger partial charge in [0.1, 0.15) is 23.2 Å². The molecule has 0 spiro atoms. The summed E-state index contributed by atoms with van der Waals surface area (Å²) in [6, 6.07) is 10.6. The van der Waals surface area contributed by atoms with E-state index in [-0.39, 0.29) is 34.8 Å². The minimum atomic E-state index is -0.535. The van der Waals surface area contributed by atoms with Gasteiger partial charge in [0, 0.05) is 12.1 Å². The van der Waals surface area contributed by atoms with Crippen molar-refractivity contribution in [1.29, 1.82) is 0 Å². The highest BCUT2D eigenvalue weighted by atomic mass is 16.5. The summed E-state index contributed by atoms with van der Waals surface area (Å²) < 4.78 is 11.4. The minimum Gasteiger partial charge on any atom is -0.507 e. The summed E-state index contributed by atoms with van der Waals surface area (Å²) in [5, 5.41) is 11.0. The van der Waals surface area contributed by atoms with E-state index in [9.17, 15) is 14.7 Å². The quantitative estimate of drug-likeness (QED) is 0.694. The van der Waals surface area contributed by atoms with Crippen LogP contribution in [0.25, 0.3) is 11.0 Å². The smallest absolute Gasteiger partial charge is 0.336 e. The second-order valence-electron chi connectivity index (χ2n) is 6.96. The van der Waals surface area contributed by atoms with Gasteiger partial charge >= 0.3 is 5.63 Å². The van der Waals surface area contributed by atoms with Crippen LogP contribution >= 0.6 is 0 Å². The van der Waals surface area contributed by atoms with E-state index in [4.69, 9.17) is 9.15 Å². The number of benzene rings is 2. The summed E-state index contributed by atoms with van der Waals surface area (Å²) in [4.78, 5) is 24.9. The van der Waals surface area contributed by atoms with E-state index in [1.54, 1.807) is 0 Å². The summed E-state index contributed by atoms with van der Waals surface area (Å²) in [6.45, 7) is 3.97. The minimum absolute atomic E-state index is 0.0479. The normalized spacial score (nSPS) is 16.2. The molecule has 0 aliphatic carbocycles. The van der Waals surface area contributed by atoms with Crippen molar-refractivity contribution >= 4 is 16.8 Å². The van der Waals surface area contributed by atoms with Crippen LogP contribution in [-0.4, -0.2) is 10.9 Å². The maximum atomic E-state index is 12.9. The maximum Gasteiger partial charge on any atom is 0.336 e. The highest BCUT2D eigenvalue weighted by molar-refractivity contribution is 6.11. The first-order valence-corrected chi connectivity index (χ1v) is 9.07. The average molecular weight is 364 g/mol. The fourth-order valence-corrected chi connectivity index (χ4v) is 3.63. The molecule has 0 radical (unpaired) electrons. The third-order valence-electron chi connectivity index (χ3n) is 4.93. The lowest BCUT2D eigenvalue weighted by Crippen LogP contribution is -2.21. The van der Waals surface area contributed by atoms with E-state index in [2.05, 4.69) is 0 Å². The summed E-state index contributed by atoms with van der Waals surface area (Å²) in [7, 11) is 0. The predicted molar refractivity (Wildman–Crippen MR) is 102 cm³/mol. The second-order valence-corrected chi connectivity index (χ2v) is 6.96. The third kappa shape index (κ3) is 2.99. The van der Waals surface area contributed by atoms with E-state index >= 15 is 0 Å². The van der Waals surface area contributed by atoms with Crippen LogP contribution in [0.3, 0.4) is 0 Å². The van der Waals surface area contributed by atoms with Gasteiger partial charge in [0.05, 0.1) is 11.8 Å². The van der Waals surface area contributed by atoms with Gasteiger partial charge in [-0.2, -0.15) is 0 Å². The number of fused-ring (bicyclic) bond motifs is 3. The Morgan fingerprint density at radius 2 is 1.89 bits per heavy atom. The molecule has 0 amide bonds. The molecule has 1 aromatic heterocycles. The number of carbonyl (C=O) groups is 1. The van der Waals surface area contributed by atoms with Crippen LogP contribution in [0, 0.1) is 6.92 Å². The number of rotatable bonds is 3. The van der Waals surface area contributed by atoms with E-state index in [1.807, 2.05) is 38.1 Å². The van der Waals surface area contributed by atoms with Crippen LogP contribution in [0.4, 0.5) is 0 Å². The number of phenolic OH excluding ortho intramolecular Hbond substituents is 1. The SMILES string of the molecule is CCCc1cc(=O)oc2c3c(cc(O)c12)OC(c1ccc(C)cc1)CC3=O. The second kappa shape index (κ2) is 6.58. The lowest BCUT2D eigenvalue weighted by Gasteiger charge is -2.26. The molecule has 0 saturated carbocycles. The molecule has 1 aliphatic rings. The van der Waals surface area contributed by atoms with Crippen LogP contribution in [-0.2, 0) is 6.42 Å². The highest BCUT2D eigenvalue weighted by Crippen LogP contribution is 2.43. The Kier molecular flexibility index (Phi) is 4.22. The number of carbonyl (C=O) groups excluding carboxylic acids is 1. The first-order valence-electron chi connectivity index (χ1n) is 9.07. The van der Waals surface area contributed by atoms with E-state index in [0.29, 0.717) is 17.4 Å². The standard InChI is InChI=1S/C22H20O5/c1-3-4-14-9-19(25)27-22-20(14)15(23)11-18-21(22)16(24)10-17(26-18)13-7-5-12(2)6-8-13/h5-9,11,17,23H,3-4,10H2,1-2H3. The van der Waals surface area contributed by atoms with Crippen molar-refractivity contribution in [3.63, 3.8) is 0 Å². The molecule has 2 heterocycles. The Bertz CT molecular complexity index is 1090. The zero-order chi connectivity index (χ0) is 19.1. The first-order chi connectivity index (χ1) is 13.0. The van der Waals surface area contributed by atoms with Gasteiger partial charge in [-0.25, -0.2) is 4.79 Å². The first kappa shape index (κ1) is 17.3. The van der Waals surface area contributed by atoms with Crippen LogP contribution in [0.1, 0.15) is 52.9 Å². The molecule has 1 N–H and O–H groups in total. The Morgan fingerprint density at radius 3 is 2.59 bits per heavy atom. The van der Waals surface area contributed by atoms with Crippen molar-refractivity contribution in [2.75, 3.05) is 0 Å². The van der Waals surface area contributed by atoms with Gasteiger partial charge in [-0.3, -0.25) is 4.79 Å². The van der Waals surface area contributed by atoms with Gasteiger partial charge in [0.15, 0.2) is 11.4 Å². The van der Waals surface area contributed by atoms with Crippen molar-refractivity contribution in [2.24, 2.45) is 0 Å². The van der Waals surface area contributed by atoms with E-state index in [1.165, 1.54) is 12.1 Å². The highest BCUT2D eigenvalue weighted by Gasteiger charge is 2.32. The van der Waals surface area contributed by atoms with Crippen molar-refractivity contribution < 1.29 is 19.1 Å². The van der Waals surface area contributed by atoms with Gasteiger partial charge in [-0.05, 0) is 24.5 Å². The number of ketones is 1. The number of ether oxygens (including phenoxy) is 1. The molecular formula is C22H20O5. The average Bonchev–Trinajstić information content (AvgIpc) is 2.61. The van der Waals surface area contributed by atoms with Crippen LogP contribution in [0.5, 0.6) is 11.5 Å². The summed E-state index contributed by atoms with van der Waals surface area (Å²) in [6.07, 6.45) is 1.12. The van der Waals surface area contributed by atoms with Crippen LogP contribution < -0.4 is 10.4 Å². The molecule has 5 heteroatoms. The number of hydrogen-bond acceptors (Lipinski definition) is 5. The molecule has 138 valence electrons. The van der Waals surface area contributed by atoms with Gasteiger partial charge < -0.3 is 14.3 Å². The zero-order valence-corrected chi connectivity index (χ0v) is 15.2. The predicted octanol–water partition coefficient (Wildman–Crippen LogP) is 4.47. The third-order valence-corrected chi connectivity index (χ3v) is 4.93. The molecular weight excluding hydrogens is 344 g/mol. The largest absolute Gasteiger partial charge is 0.507 e. The molecule has 27 heavy (non-hydrogen) atoms. The maximum absolute atomic E-state index is 12.9. The topological polar surface area (TPSA) is 76.7 Å². The number of phenols is 1. The summed E-state index contributed by atoms with van der Waals surface area (Å²) in [5.41, 5.74) is 2.51.